The van der Waals surface area contributed by atoms with Crippen LogP contribution in [0.5, 0.6) is 0 Å². The van der Waals surface area contributed by atoms with Gasteiger partial charge >= 0.3 is 5.97 Å². The number of aryl methyl sites for hydroxylation is 2. The Morgan fingerprint density at radius 1 is 1.60 bits per heavy atom. The average molecular weight is 301 g/mol. The second-order valence-corrected chi connectivity index (χ2v) is 5.35. The molecule has 0 aliphatic carbocycles. The highest BCUT2D eigenvalue weighted by Crippen LogP contribution is 2.33. The van der Waals surface area contributed by atoms with Gasteiger partial charge in [0.15, 0.2) is 11.2 Å². The number of carbonyl (C=O) groups excluding carboxylic acids is 1. The van der Waals surface area contributed by atoms with Crippen molar-refractivity contribution in [2.45, 2.75) is 26.2 Å². The number of carbonyl (C=O) groups is 2. The number of aromatic nitrogens is 2. The van der Waals surface area contributed by atoms with Gasteiger partial charge in [-0.05, 0) is 6.42 Å². The van der Waals surface area contributed by atoms with E-state index in [-0.39, 0.29) is 31.8 Å². The van der Waals surface area contributed by atoms with Gasteiger partial charge in [-0.1, -0.05) is 18.5 Å². The summed E-state index contributed by atoms with van der Waals surface area (Å²) in [6.07, 6.45) is 0.767. The molecular weight excluding hydrogens is 284 g/mol. The lowest BCUT2D eigenvalue weighted by molar-refractivity contribution is -0.164. The van der Waals surface area contributed by atoms with E-state index in [0.29, 0.717) is 22.8 Å². The number of hydrogen-bond acceptors (Lipinski definition) is 4. The zero-order chi connectivity index (χ0) is 14.9. The second-order valence-electron chi connectivity index (χ2n) is 4.97. The molecule has 6 nitrogen and oxygen atoms in total. The fourth-order valence-electron chi connectivity index (χ4n) is 2.43. The number of carboxylic acid groups (broad SMARTS) is 1. The second kappa shape index (κ2) is 5.54. The monoisotopic (exact) mass is 300 g/mol. The zero-order valence-corrected chi connectivity index (χ0v) is 12.2. The predicted octanol–water partition coefficient (Wildman–Crippen LogP) is 1.24. The van der Waals surface area contributed by atoms with Gasteiger partial charge in [-0.3, -0.25) is 14.3 Å². The van der Waals surface area contributed by atoms with E-state index in [9.17, 15) is 14.7 Å². The van der Waals surface area contributed by atoms with Crippen molar-refractivity contribution in [1.82, 2.24) is 9.78 Å². The Labute approximate surface area is 121 Å². The van der Waals surface area contributed by atoms with Crippen molar-refractivity contribution >= 4 is 23.4 Å². The minimum absolute atomic E-state index is 0.00347. The SMILES string of the molecule is CCc1nn(C)c(CC2(C(=O)O)COCCC2=O)c1Cl. The van der Waals surface area contributed by atoms with E-state index >= 15 is 0 Å². The van der Waals surface area contributed by atoms with Gasteiger partial charge in [0.2, 0.25) is 0 Å². The Morgan fingerprint density at radius 2 is 2.30 bits per heavy atom. The van der Waals surface area contributed by atoms with Gasteiger partial charge in [0.05, 0.1) is 29.6 Å². The number of rotatable bonds is 4. The minimum Gasteiger partial charge on any atom is -0.480 e. The van der Waals surface area contributed by atoms with Gasteiger partial charge in [0, 0.05) is 19.9 Å². The molecule has 0 bridgehead atoms. The number of halogens is 1. The van der Waals surface area contributed by atoms with Gasteiger partial charge < -0.3 is 9.84 Å². The normalized spacial score (nSPS) is 23.1. The summed E-state index contributed by atoms with van der Waals surface area (Å²) in [7, 11) is 1.70. The van der Waals surface area contributed by atoms with Crippen molar-refractivity contribution in [3.05, 3.63) is 16.4 Å². The maximum absolute atomic E-state index is 12.1. The molecule has 1 fully saturated rings. The van der Waals surface area contributed by atoms with E-state index in [0.717, 1.165) is 0 Å². The van der Waals surface area contributed by atoms with Crippen LogP contribution in [-0.2, 0) is 34.2 Å². The molecule has 1 aromatic heterocycles. The fraction of sp³-hybridized carbons (Fsp3) is 0.615. The molecular formula is C13H17ClN2O4. The first kappa shape index (κ1) is 15.0. The molecule has 1 atom stereocenters. The van der Waals surface area contributed by atoms with Gasteiger partial charge in [0.1, 0.15) is 0 Å². The van der Waals surface area contributed by atoms with Crippen molar-refractivity contribution in [1.29, 1.82) is 0 Å². The van der Waals surface area contributed by atoms with Crippen LogP contribution in [0.4, 0.5) is 0 Å². The lowest BCUT2D eigenvalue weighted by atomic mass is 9.77. The molecule has 1 saturated heterocycles. The van der Waals surface area contributed by atoms with Crippen LogP contribution in [0.2, 0.25) is 5.02 Å². The third-order valence-corrected chi connectivity index (χ3v) is 4.17. The quantitative estimate of drug-likeness (QED) is 0.846. The lowest BCUT2D eigenvalue weighted by Gasteiger charge is -2.31. The summed E-state index contributed by atoms with van der Waals surface area (Å²) in [5.41, 5.74) is -0.292. The predicted molar refractivity (Wildman–Crippen MR) is 71.8 cm³/mol. The molecule has 7 heteroatoms. The summed E-state index contributed by atoms with van der Waals surface area (Å²) in [6, 6.07) is 0. The van der Waals surface area contributed by atoms with Gasteiger partial charge in [-0.25, -0.2) is 0 Å². The summed E-state index contributed by atoms with van der Waals surface area (Å²) in [6.45, 7) is 2.07. The molecule has 2 heterocycles. The van der Waals surface area contributed by atoms with Gasteiger partial charge in [-0.2, -0.15) is 5.10 Å². The van der Waals surface area contributed by atoms with E-state index in [1.807, 2.05) is 6.92 Å². The molecule has 0 spiro atoms. The molecule has 1 aromatic rings. The molecule has 0 radical (unpaired) electrons. The van der Waals surface area contributed by atoms with E-state index in [2.05, 4.69) is 5.10 Å². The molecule has 0 amide bonds. The average Bonchev–Trinajstić information content (AvgIpc) is 2.68. The van der Waals surface area contributed by atoms with E-state index in [1.54, 1.807) is 11.7 Å². The van der Waals surface area contributed by atoms with Crippen molar-refractivity contribution in [3.63, 3.8) is 0 Å². The molecule has 2 rings (SSSR count). The Kier molecular flexibility index (Phi) is 4.15. The van der Waals surface area contributed by atoms with Gasteiger partial charge in [-0.15, -0.1) is 0 Å². The highest BCUT2D eigenvalue weighted by Gasteiger charge is 2.49. The minimum atomic E-state index is -1.55. The fourth-order valence-corrected chi connectivity index (χ4v) is 2.80. The number of Topliss-reactive ketones (excluding diaryl/α,β-unsaturated/α-hetero) is 1. The van der Waals surface area contributed by atoms with Gasteiger partial charge in [0.25, 0.3) is 0 Å². The Bertz CT molecular complexity index is 555. The molecule has 110 valence electrons. The molecule has 0 saturated carbocycles. The molecule has 1 N–H and O–H groups in total. The lowest BCUT2D eigenvalue weighted by Crippen LogP contribution is -2.49. The molecule has 20 heavy (non-hydrogen) atoms. The first-order chi connectivity index (χ1) is 9.42. The summed E-state index contributed by atoms with van der Waals surface area (Å²) in [4.78, 5) is 23.7. The summed E-state index contributed by atoms with van der Waals surface area (Å²) in [5, 5.41) is 14.2. The number of ether oxygens (including phenoxy) is 1. The Balaban J connectivity index is 2.41. The Hall–Kier alpha value is -1.40. The van der Waals surface area contributed by atoms with Crippen LogP contribution in [0.3, 0.4) is 0 Å². The van der Waals surface area contributed by atoms with E-state index in [4.69, 9.17) is 16.3 Å². The van der Waals surface area contributed by atoms with Crippen molar-refractivity contribution < 1.29 is 19.4 Å². The van der Waals surface area contributed by atoms with Crippen molar-refractivity contribution in [2.75, 3.05) is 13.2 Å². The van der Waals surface area contributed by atoms with Crippen molar-refractivity contribution in [3.8, 4) is 0 Å². The standard InChI is InChI=1S/C13H17ClN2O4/c1-3-8-11(14)9(16(2)15-8)6-13(12(18)19)7-20-5-4-10(13)17/h3-7H2,1-2H3,(H,18,19). The first-order valence-electron chi connectivity index (χ1n) is 6.47. The third kappa shape index (κ3) is 2.33. The molecule has 1 unspecified atom stereocenters. The largest absolute Gasteiger partial charge is 0.480 e. The smallest absolute Gasteiger partial charge is 0.319 e. The van der Waals surface area contributed by atoms with E-state index in [1.165, 1.54) is 0 Å². The zero-order valence-electron chi connectivity index (χ0n) is 11.5. The first-order valence-corrected chi connectivity index (χ1v) is 6.85. The maximum Gasteiger partial charge on any atom is 0.319 e. The number of hydrogen-bond donors (Lipinski definition) is 1. The maximum atomic E-state index is 12.1. The number of nitrogens with zero attached hydrogens (tertiary/aromatic N) is 2. The topological polar surface area (TPSA) is 81.4 Å². The van der Waals surface area contributed by atoms with E-state index < -0.39 is 11.4 Å². The van der Waals surface area contributed by atoms with Crippen LogP contribution in [0.1, 0.15) is 24.7 Å². The number of ketones is 1. The molecule has 1 aliphatic rings. The summed E-state index contributed by atoms with van der Waals surface area (Å²) in [5.74, 6) is -1.48. The van der Waals surface area contributed by atoms with Crippen LogP contribution in [0, 0.1) is 5.41 Å². The van der Waals surface area contributed by atoms with Crippen LogP contribution < -0.4 is 0 Å². The molecule has 0 aromatic carbocycles. The summed E-state index contributed by atoms with van der Waals surface area (Å²) >= 11 is 6.23. The van der Waals surface area contributed by atoms with Crippen LogP contribution in [-0.4, -0.2) is 39.9 Å². The van der Waals surface area contributed by atoms with Crippen LogP contribution >= 0.6 is 11.6 Å². The summed E-state index contributed by atoms with van der Waals surface area (Å²) < 4.78 is 6.78. The third-order valence-electron chi connectivity index (χ3n) is 3.74. The van der Waals surface area contributed by atoms with Crippen LogP contribution in [0.25, 0.3) is 0 Å². The Morgan fingerprint density at radius 3 is 2.80 bits per heavy atom. The highest BCUT2D eigenvalue weighted by molar-refractivity contribution is 6.32. The molecule has 1 aliphatic heterocycles. The van der Waals surface area contributed by atoms with Crippen LogP contribution in [0.15, 0.2) is 0 Å². The number of aliphatic carboxylic acids is 1. The highest BCUT2D eigenvalue weighted by atomic mass is 35.5. The van der Waals surface area contributed by atoms with Crippen molar-refractivity contribution in [2.24, 2.45) is 12.5 Å². The number of carboxylic acids is 1.